The molecule has 0 saturated heterocycles. The Hall–Kier alpha value is -8.15. The van der Waals surface area contributed by atoms with Crippen LogP contribution in [0.2, 0.25) is 0 Å². The summed E-state index contributed by atoms with van der Waals surface area (Å²) in [5, 5.41) is 10.3. The van der Waals surface area contributed by atoms with Crippen molar-refractivity contribution in [3.8, 4) is 39.6 Å². The molecule has 12 aromatic rings. The predicted octanol–water partition coefficient (Wildman–Crippen LogP) is 14.7. The molecule has 0 N–H and O–H groups in total. The van der Waals surface area contributed by atoms with E-state index in [1.807, 2.05) is 0 Å². The fourth-order valence-corrected chi connectivity index (χ4v) is 9.92. The number of rotatable bonds is 5. The Kier molecular flexibility index (Phi) is 7.66. The lowest BCUT2D eigenvalue weighted by Gasteiger charge is -2.19. The average molecular weight is 793 g/mol. The standard InChI is InChI=1S/C57H36N4O/c1-2-13-35(14-3-1)41-18-10-11-19-42(41)39-25-27-40(28-26-39)55-58-56(49-23-12-24-50-51(49)48-34-31-38-17-6-9-22-45(38)54(48)62-50)60-57(59-55)61-52-43-20-7-4-15-36(43)29-32-46(52)47-33-30-37-16-5-8-21-44(37)53(47)61/h1-22,24-34,49H,23H2. The number of nitrogens with zero attached hydrogens (tertiary/aromatic N) is 4. The molecule has 290 valence electrons. The van der Waals surface area contributed by atoms with Gasteiger partial charge in [-0.15, -0.1) is 0 Å². The number of allylic oxidation sites excluding steroid dienone is 1. The van der Waals surface area contributed by atoms with Crippen molar-refractivity contribution in [3.63, 3.8) is 0 Å². The number of benzene rings is 9. The van der Waals surface area contributed by atoms with Crippen LogP contribution in [-0.2, 0) is 0 Å². The van der Waals surface area contributed by atoms with Gasteiger partial charge in [0.2, 0.25) is 5.95 Å². The molecular formula is C57H36N4O. The highest BCUT2D eigenvalue weighted by atomic mass is 16.3. The van der Waals surface area contributed by atoms with Gasteiger partial charge in [-0.3, -0.25) is 4.57 Å². The summed E-state index contributed by atoms with van der Waals surface area (Å²) < 4.78 is 9.02. The molecule has 5 nitrogen and oxygen atoms in total. The summed E-state index contributed by atoms with van der Waals surface area (Å²) >= 11 is 0. The molecule has 0 fully saturated rings. The molecule has 5 heteroatoms. The van der Waals surface area contributed by atoms with Crippen molar-refractivity contribution in [1.29, 1.82) is 0 Å². The summed E-state index contributed by atoms with van der Waals surface area (Å²) in [6.45, 7) is 0. The number of hydrogen-bond acceptors (Lipinski definition) is 4. The van der Waals surface area contributed by atoms with E-state index in [9.17, 15) is 0 Å². The van der Waals surface area contributed by atoms with E-state index in [-0.39, 0.29) is 5.92 Å². The Balaban J connectivity index is 1.07. The van der Waals surface area contributed by atoms with E-state index in [1.54, 1.807) is 0 Å². The molecule has 0 aliphatic heterocycles. The third kappa shape index (κ3) is 5.31. The molecule has 0 amide bonds. The van der Waals surface area contributed by atoms with E-state index in [4.69, 9.17) is 19.4 Å². The van der Waals surface area contributed by atoms with Crippen LogP contribution in [-0.4, -0.2) is 19.5 Å². The van der Waals surface area contributed by atoms with Crippen LogP contribution in [0.5, 0.6) is 0 Å². The van der Waals surface area contributed by atoms with Crippen LogP contribution in [0.1, 0.15) is 29.5 Å². The van der Waals surface area contributed by atoms with Crippen molar-refractivity contribution < 1.29 is 4.42 Å². The molecule has 0 radical (unpaired) electrons. The second kappa shape index (κ2) is 13.7. The van der Waals surface area contributed by atoms with Crippen molar-refractivity contribution in [2.45, 2.75) is 12.3 Å². The van der Waals surface area contributed by atoms with Crippen LogP contribution in [0.3, 0.4) is 0 Å². The lowest BCUT2D eigenvalue weighted by atomic mass is 9.88. The third-order valence-corrected chi connectivity index (χ3v) is 12.8. The second-order valence-electron chi connectivity index (χ2n) is 16.2. The van der Waals surface area contributed by atoms with Gasteiger partial charge in [-0.05, 0) is 50.9 Å². The lowest BCUT2D eigenvalue weighted by molar-refractivity contribution is 0.588. The van der Waals surface area contributed by atoms with E-state index in [1.165, 1.54) is 16.7 Å². The van der Waals surface area contributed by atoms with Gasteiger partial charge in [0.05, 0.1) is 17.0 Å². The fourth-order valence-electron chi connectivity index (χ4n) is 9.92. The summed E-state index contributed by atoms with van der Waals surface area (Å²) in [5.41, 5.74) is 9.76. The predicted molar refractivity (Wildman–Crippen MR) is 255 cm³/mol. The van der Waals surface area contributed by atoms with Crippen molar-refractivity contribution in [2.24, 2.45) is 0 Å². The van der Waals surface area contributed by atoms with Gasteiger partial charge in [-0.1, -0.05) is 194 Å². The van der Waals surface area contributed by atoms with Crippen LogP contribution >= 0.6 is 0 Å². The number of hydrogen-bond donors (Lipinski definition) is 0. The smallest absolute Gasteiger partial charge is 0.238 e. The topological polar surface area (TPSA) is 56.7 Å². The van der Waals surface area contributed by atoms with Gasteiger partial charge >= 0.3 is 0 Å². The van der Waals surface area contributed by atoms with Gasteiger partial charge in [0.15, 0.2) is 5.82 Å². The third-order valence-electron chi connectivity index (χ3n) is 12.8. The van der Waals surface area contributed by atoms with Gasteiger partial charge in [-0.25, -0.2) is 4.98 Å². The normalized spacial score (nSPS) is 13.8. The molecule has 9 aromatic carbocycles. The van der Waals surface area contributed by atoms with E-state index < -0.39 is 0 Å². The van der Waals surface area contributed by atoms with Crippen LogP contribution in [0.25, 0.3) is 111 Å². The highest BCUT2D eigenvalue weighted by molar-refractivity contribution is 6.23. The maximum atomic E-state index is 6.72. The average Bonchev–Trinajstić information content (AvgIpc) is 3.91. The lowest BCUT2D eigenvalue weighted by Crippen LogP contribution is -2.14. The Bertz CT molecular complexity index is 3690. The first kappa shape index (κ1) is 34.7. The van der Waals surface area contributed by atoms with Crippen molar-refractivity contribution in [1.82, 2.24) is 19.5 Å². The van der Waals surface area contributed by atoms with Crippen molar-refractivity contribution in [3.05, 3.63) is 211 Å². The zero-order valence-corrected chi connectivity index (χ0v) is 33.5. The fraction of sp³-hybridized carbons (Fsp3) is 0.0351. The van der Waals surface area contributed by atoms with Gasteiger partial charge in [0, 0.05) is 43.4 Å². The number of aromatic nitrogens is 4. The molecule has 3 aromatic heterocycles. The molecule has 1 aliphatic rings. The van der Waals surface area contributed by atoms with Gasteiger partial charge in [-0.2, -0.15) is 9.97 Å². The zero-order valence-electron chi connectivity index (χ0n) is 33.5. The molecule has 0 saturated carbocycles. The molecule has 1 aliphatic carbocycles. The second-order valence-corrected chi connectivity index (χ2v) is 16.2. The quantitative estimate of drug-likeness (QED) is 0.174. The molecule has 1 atom stereocenters. The maximum Gasteiger partial charge on any atom is 0.238 e. The van der Waals surface area contributed by atoms with Gasteiger partial charge in [0.25, 0.3) is 0 Å². The van der Waals surface area contributed by atoms with Gasteiger partial charge < -0.3 is 4.42 Å². The summed E-state index contributed by atoms with van der Waals surface area (Å²) in [6.07, 6.45) is 5.04. The summed E-state index contributed by atoms with van der Waals surface area (Å²) in [5.74, 6) is 2.60. The van der Waals surface area contributed by atoms with E-state index in [2.05, 4.69) is 205 Å². The Labute approximate surface area is 356 Å². The number of fused-ring (bicyclic) bond motifs is 12. The first-order valence-electron chi connectivity index (χ1n) is 21.2. The maximum absolute atomic E-state index is 6.72. The zero-order chi connectivity index (χ0) is 40.7. The highest BCUT2D eigenvalue weighted by Crippen LogP contribution is 2.44. The van der Waals surface area contributed by atoms with Crippen LogP contribution in [0.4, 0.5) is 0 Å². The molecule has 0 bridgehead atoms. The molecular weight excluding hydrogens is 757 g/mol. The minimum atomic E-state index is -0.170. The van der Waals surface area contributed by atoms with E-state index in [0.717, 1.165) is 94.0 Å². The van der Waals surface area contributed by atoms with Crippen LogP contribution < -0.4 is 0 Å². The first-order chi connectivity index (χ1) is 30.7. The first-order valence-corrected chi connectivity index (χ1v) is 21.2. The van der Waals surface area contributed by atoms with Crippen molar-refractivity contribution >= 4 is 71.2 Å². The Morgan fingerprint density at radius 3 is 1.63 bits per heavy atom. The summed E-state index contributed by atoms with van der Waals surface area (Å²) in [6, 6.07) is 66.9. The molecule has 62 heavy (non-hydrogen) atoms. The minimum absolute atomic E-state index is 0.170. The molecule has 0 spiro atoms. The molecule has 3 heterocycles. The van der Waals surface area contributed by atoms with Crippen LogP contribution in [0.15, 0.2) is 199 Å². The van der Waals surface area contributed by atoms with E-state index in [0.29, 0.717) is 17.6 Å². The largest absolute Gasteiger partial charge is 0.456 e. The Morgan fingerprint density at radius 2 is 0.968 bits per heavy atom. The summed E-state index contributed by atoms with van der Waals surface area (Å²) in [7, 11) is 0. The molecule has 1 unspecified atom stereocenters. The van der Waals surface area contributed by atoms with Crippen LogP contribution in [0, 0.1) is 0 Å². The SMILES string of the molecule is C1=Cc2oc3c(ccc4ccccc43)c2C(c2nc(-c3ccc(-c4ccccc4-c4ccccc4)cc3)nc(-n3c4c5ccccc5ccc4c4ccc5ccccc5c43)n2)C1. The Morgan fingerprint density at radius 1 is 0.435 bits per heavy atom. The minimum Gasteiger partial charge on any atom is -0.456 e. The van der Waals surface area contributed by atoms with Crippen molar-refractivity contribution in [2.75, 3.05) is 0 Å². The summed E-state index contributed by atoms with van der Waals surface area (Å²) in [4.78, 5) is 16.5. The monoisotopic (exact) mass is 792 g/mol. The number of furan rings is 1. The van der Waals surface area contributed by atoms with Gasteiger partial charge in [0.1, 0.15) is 17.2 Å². The highest BCUT2D eigenvalue weighted by Gasteiger charge is 2.30. The molecule has 13 rings (SSSR count). The van der Waals surface area contributed by atoms with E-state index >= 15 is 0 Å².